The van der Waals surface area contributed by atoms with Crippen molar-refractivity contribution in [3.05, 3.63) is 16.1 Å². The van der Waals surface area contributed by atoms with Crippen molar-refractivity contribution in [1.82, 2.24) is 15.6 Å². The molecule has 0 aliphatic heterocycles. The first-order valence-corrected chi connectivity index (χ1v) is 8.73. The molecule has 2 N–H and O–H groups in total. The molecule has 1 aliphatic carbocycles. The second kappa shape index (κ2) is 7.99. The van der Waals surface area contributed by atoms with Crippen molar-refractivity contribution in [1.29, 1.82) is 0 Å². The fourth-order valence-corrected chi connectivity index (χ4v) is 3.46. The Morgan fingerprint density at radius 2 is 2.22 bits per heavy atom. The van der Waals surface area contributed by atoms with Gasteiger partial charge in [-0.05, 0) is 33.1 Å². The van der Waals surface area contributed by atoms with Crippen molar-refractivity contribution >= 4 is 17.3 Å². The molecule has 0 radical (unpaired) electrons. The van der Waals surface area contributed by atoms with Crippen molar-refractivity contribution in [2.24, 2.45) is 10.9 Å². The lowest BCUT2D eigenvalue weighted by molar-refractivity contribution is -0.183. The van der Waals surface area contributed by atoms with Crippen molar-refractivity contribution in [2.45, 2.75) is 58.3 Å². The highest BCUT2D eigenvalue weighted by molar-refractivity contribution is 7.11. The summed E-state index contributed by atoms with van der Waals surface area (Å²) in [6.45, 7) is 5.01. The number of nitrogens with zero attached hydrogens (tertiary/aromatic N) is 2. The van der Waals surface area contributed by atoms with Gasteiger partial charge in [-0.1, -0.05) is 6.42 Å². The maximum absolute atomic E-state index is 12.9. The zero-order chi connectivity index (χ0) is 16.9. The third-order valence-electron chi connectivity index (χ3n) is 3.86. The van der Waals surface area contributed by atoms with Gasteiger partial charge < -0.3 is 10.6 Å². The molecule has 2 rings (SSSR count). The number of alkyl halides is 3. The van der Waals surface area contributed by atoms with E-state index in [9.17, 15) is 13.2 Å². The van der Waals surface area contributed by atoms with Crippen LogP contribution < -0.4 is 10.6 Å². The van der Waals surface area contributed by atoms with Crippen LogP contribution in [0.5, 0.6) is 0 Å². The van der Waals surface area contributed by atoms with Gasteiger partial charge in [0.05, 0.1) is 12.5 Å². The summed E-state index contributed by atoms with van der Waals surface area (Å²) in [5.74, 6) is -0.647. The summed E-state index contributed by atoms with van der Waals surface area (Å²) in [7, 11) is 0. The van der Waals surface area contributed by atoms with E-state index in [0.717, 1.165) is 16.3 Å². The Labute approximate surface area is 138 Å². The number of nitrogens with one attached hydrogen (secondary N) is 2. The van der Waals surface area contributed by atoms with Crippen molar-refractivity contribution in [2.75, 3.05) is 6.54 Å². The van der Waals surface area contributed by atoms with Gasteiger partial charge in [-0.2, -0.15) is 13.2 Å². The summed E-state index contributed by atoms with van der Waals surface area (Å²) >= 11 is 1.58. The predicted molar refractivity (Wildman–Crippen MR) is 86.6 cm³/mol. The van der Waals surface area contributed by atoms with Crippen LogP contribution in [0.2, 0.25) is 0 Å². The van der Waals surface area contributed by atoms with Gasteiger partial charge in [0, 0.05) is 23.7 Å². The molecule has 1 heterocycles. The van der Waals surface area contributed by atoms with E-state index < -0.39 is 12.1 Å². The van der Waals surface area contributed by atoms with Crippen molar-refractivity contribution < 1.29 is 13.2 Å². The average Bonchev–Trinajstić information content (AvgIpc) is 2.90. The van der Waals surface area contributed by atoms with Crippen LogP contribution in [-0.4, -0.2) is 29.7 Å². The highest BCUT2D eigenvalue weighted by Crippen LogP contribution is 2.37. The molecule has 1 aliphatic rings. The van der Waals surface area contributed by atoms with Gasteiger partial charge in [0.25, 0.3) is 0 Å². The Bertz CT molecular complexity index is 527. The molecule has 0 bridgehead atoms. The summed E-state index contributed by atoms with van der Waals surface area (Å²) < 4.78 is 38.7. The highest BCUT2D eigenvalue weighted by atomic mass is 32.1. The van der Waals surface area contributed by atoms with Crippen LogP contribution in [0.1, 0.15) is 42.5 Å². The molecule has 1 aromatic rings. The van der Waals surface area contributed by atoms with Crippen molar-refractivity contribution in [3.8, 4) is 0 Å². The van der Waals surface area contributed by atoms with Gasteiger partial charge in [-0.15, -0.1) is 11.3 Å². The second-order valence-corrected chi connectivity index (χ2v) is 7.13. The van der Waals surface area contributed by atoms with Crippen LogP contribution >= 0.6 is 11.3 Å². The molecule has 2 atom stereocenters. The summed E-state index contributed by atoms with van der Waals surface area (Å²) in [5, 5.41) is 7.15. The lowest BCUT2D eigenvalue weighted by atomic mass is 9.85. The zero-order valence-corrected chi connectivity index (χ0v) is 14.2. The van der Waals surface area contributed by atoms with E-state index >= 15 is 0 Å². The van der Waals surface area contributed by atoms with Crippen LogP contribution in [0.3, 0.4) is 0 Å². The molecule has 2 unspecified atom stereocenters. The molecule has 0 spiro atoms. The number of aromatic nitrogens is 1. The van der Waals surface area contributed by atoms with Crippen LogP contribution in [0.25, 0.3) is 0 Å². The number of aliphatic imine (C=N–C) groups is 1. The molecule has 130 valence electrons. The Hall–Kier alpha value is -1.31. The summed E-state index contributed by atoms with van der Waals surface area (Å²) in [6.07, 6.45) is -0.627. The van der Waals surface area contributed by atoms with E-state index in [2.05, 4.69) is 20.6 Å². The maximum atomic E-state index is 12.9. The molecule has 0 aromatic carbocycles. The topological polar surface area (TPSA) is 49.3 Å². The van der Waals surface area contributed by atoms with E-state index in [1.165, 1.54) is 0 Å². The van der Waals surface area contributed by atoms with E-state index in [1.807, 2.05) is 13.8 Å². The molecular formula is C15H23F3N4S. The number of guanidine groups is 1. The molecule has 23 heavy (non-hydrogen) atoms. The molecule has 1 fully saturated rings. The summed E-state index contributed by atoms with van der Waals surface area (Å²) in [5.41, 5.74) is 0. The summed E-state index contributed by atoms with van der Waals surface area (Å²) in [4.78, 5) is 9.80. The monoisotopic (exact) mass is 348 g/mol. The normalized spacial score (nSPS) is 22.9. The SMILES string of the molecule is CCNC(=NCc1ncc(C)s1)NC1CCCC(C(F)(F)F)C1. The standard InChI is InChI=1S/C15H23F3N4S/c1-3-19-14(21-9-13-20-8-10(2)23-13)22-12-6-4-5-11(7-12)15(16,17)18/h8,11-12H,3-7,9H2,1-2H3,(H2,19,21,22). The van der Waals surface area contributed by atoms with Gasteiger partial charge in [-0.3, -0.25) is 0 Å². The zero-order valence-electron chi connectivity index (χ0n) is 13.4. The molecule has 8 heteroatoms. The van der Waals surface area contributed by atoms with E-state index in [-0.39, 0.29) is 18.9 Å². The predicted octanol–water partition coefficient (Wildman–Crippen LogP) is 3.63. The van der Waals surface area contributed by atoms with Crippen LogP contribution in [0, 0.1) is 12.8 Å². The number of halogens is 3. The quantitative estimate of drug-likeness (QED) is 0.645. The first-order chi connectivity index (χ1) is 10.9. The van der Waals surface area contributed by atoms with Crippen LogP contribution in [-0.2, 0) is 6.54 Å². The Balaban J connectivity index is 1.95. The third kappa shape index (κ3) is 5.67. The van der Waals surface area contributed by atoms with Gasteiger partial charge in [0.1, 0.15) is 5.01 Å². The molecule has 0 saturated heterocycles. The number of rotatable bonds is 4. The first kappa shape index (κ1) is 18.0. The van der Waals surface area contributed by atoms with Gasteiger partial charge in [0.15, 0.2) is 5.96 Å². The number of hydrogen-bond donors (Lipinski definition) is 2. The Morgan fingerprint density at radius 1 is 1.43 bits per heavy atom. The maximum Gasteiger partial charge on any atom is 0.391 e. The summed E-state index contributed by atoms with van der Waals surface area (Å²) in [6, 6.07) is -0.189. The van der Waals surface area contributed by atoms with Crippen LogP contribution in [0.15, 0.2) is 11.2 Å². The molecule has 4 nitrogen and oxygen atoms in total. The van der Waals surface area contributed by atoms with Crippen molar-refractivity contribution in [3.63, 3.8) is 0 Å². The van der Waals surface area contributed by atoms with Gasteiger partial charge >= 0.3 is 6.18 Å². The number of hydrogen-bond acceptors (Lipinski definition) is 3. The Morgan fingerprint density at radius 3 is 2.83 bits per heavy atom. The van der Waals surface area contributed by atoms with Gasteiger partial charge in [0.2, 0.25) is 0 Å². The number of thiazole rings is 1. The highest BCUT2D eigenvalue weighted by Gasteiger charge is 2.42. The molecule has 0 amide bonds. The molecular weight excluding hydrogens is 325 g/mol. The minimum absolute atomic E-state index is 0.115. The number of aryl methyl sites for hydroxylation is 1. The van der Waals surface area contributed by atoms with Gasteiger partial charge in [-0.25, -0.2) is 9.98 Å². The minimum Gasteiger partial charge on any atom is -0.357 e. The third-order valence-corrected chi connectivity index (χ3v) is 4.76. The average molecular weight is 348 g/mol. The van der Waals surface area contributed by atoms with E-state index in [1.54, 1.807) is 17.5 Å². The largest absolute Gasteiger partial charge is 0.391 e. The fourth-order valence-electron chi connectivity index (χ4n) is 2.75. The lowest BCUT2D eigenvalue weighted by Gasteiger charge is -2.31. The van der Waals surface area contributed by atoms with E-state index in [4.69, 9.17) is 0 Å². The second-order valence-electron chi connectivity index (χ2n) is 5.81. The first-order valence-electron chi connectivity index (χ1n) is 7.91. The minimum atomic E-state index is -4.10. The Kier molecular flexibility index (Phi) is 6.26. The van der Waals surface area contributed by atoms with E-state index in [0.29, 0.717) is 25.5 Å². The van der Waals surface area contributed by atoms with Crippen LogP contribution in [0.4, 0.5) is 13.2 Å². The fraction of sp³-hybridized carbons (Fsp3) is 0.733. The lowest BCUT2D eigenvalue weighted by Crippen LogP contribution is -2.46. The molecule has 1 saturated carbocycles. The molecule has 1 aromatic heterocycles. The smallest absolute Gasteiger partial charge is 0.357 e.